The van der Waals surface area contributed by atoms with Gasteiger partial charge in [0.1, 0.15) is 17.3 Å². The lowest BCUT2D eigenvalue weighted by molar-refractivity contribution is -0.141. The van der Waals surface area contributed by atoms with E-state index in [1.807, 2.05) is 63.2 Å². The molecule has 240 valence electrons. The van der Waals surface area contributed by atoms with Crippen LogP contribution in [0.25, 0.3) is 10.9 Å². The Balaban J connectivity index is 1.27. The van der Waals surface area contributed by atoms with Gasteiger partial charge in [-0.15, -0.1) is 0 Å². The molecule has 3 amide bonds. The van der Waals surface area contributed by atoms with Crippen LogP contribution in [0, 0.1) is 11.8 Å². The van der Waals surface area contributed by atoms with Crippen molar-refractivity contribution >= 4 is 40.5 Å². The second kappa shape index (κ2) is 13.7. The van der Waals surface area contributed by atoms with Crippen LogP contribution in [0.1, 0.15) is 81.8 Å². The first-order valence-corrected chi connectivity index (χ1v) is 16.0. The van der Waals surface area contributed by atoms with Crippen LogP contribution in [0.4, 0.5) is 10.5 Å². The summed E-state index contributed by atoms with van der Waals surface area (Å²) in [6.07, 6.45) is 3.35. The quantitative estimate of drug-likeness (QED) is 0.266. The average molecular weight is 617 g/mol. The summed E-state index contributed by atoms with van der Waals surface area (Å²) in [6.45, 7) is 8.57. The number of rotatable bonds is 8. The van der Waals surface area contributed by atoms with E-state index in [1.165, 1.54) is 0 Å². The van der Waals surface area contributed by atoms with Gasteiger partial charge in [-0.2, -0.15) is 0 Å². The van der Waals surface area contributed by atoms with E-state index in [0.717, 1.165) is 29.3 Å². The highest BCUT2D eigenvalue weighted by atomic mass is 16.6. The number of nitrogens with one attached hydrogen (secondary N) is 3. The fourth-order valence-electron chi connectivity index (χ4n) is 6.55. The van der Waals surface area contributed by atoms with E-state index in [0.29, 0.717) is 43.7 Å². The number of hydrogen-bond donors (Lipinski definition) is 3. The summed E-state index contributed by atoms with van der Waals surface area (Å²) in [4.78, 5) is 57.1. The predicted molar refractivity (Wildman–Crippen MR) is 172 cm³/mol. The molecule has 0 spiro atoms. The lowest BCUT2D eigenvalue weighted by Gasteiger charge is -2.34. The van der Waals surface area contributed by atoms with Crippen LogP contribution in [0.15, 0.2) is 54.6 Å². The molecule has 1 saturated heterocycles. The first-order valence-electron chi connectivity index (χ1n) is 16.0. The van der Waals surface area contributed by atoms with Crippen LogP contribution in [-0.4, -0.2) is 65.1 Å². The van der Waals surface area contributed by atoms with E-state index in [4.69, 9.17) is 9.47 Å². The van der Waals surface area contributed by atoms with Crippen molar-refractivity contribution in [3.05, 3.63) is 65.9 Å². The predicted octanol–water partition coefficient (Wildman–Crippen LogP) is 6.00. The van der Waals surface area contributed by atoms with Gasteiger partial charge in [0, 0.05) is 41.5 Å². The Morgan fingerprint density at radius 1 is 0.956 bits per heavy atom. The van der Waals surface area contributed by atoms with Crippen molar-refractivity contribution < 1.29 is 28.7 Å². The molecule has 2 aliphatic rings. The molecule has 45 heavy (non-hydrogen) atoms. The highest BCUT2D eigenvalue weighted by Gasteiger charge is 2.44. The number of alkyl carbamates (subject to hydrolysis) is 1. The largest absolute Gasteiger partial charge is 0.461 e. The molecule has 0 radical (unpaired) electrons. The van der Waals surface area contributed by atoms with E-state index in [2.05, 4.69) is 15.6 Å². The Bertz CT molecular complexity index is 1520. The third kappa shape index (κ3) is 7.85. The van der Waals surface area contributed by atoms with Crippen LogP contribution in [-0.2, 0) is 19.1 Å². The zero-order valence-corrected chi connectivity index (χ0v) is 26.6. The van der Waals surface area contributed by atoms with Crippen molar-refractivity contribution in [3.63, 3.8) is 0 Å². The van der Waals surface area contributed by atoms with Crippen LogP contribution >= 0.6 is 0 Å². The molecule has 10 heteroatoms. The number of carbonyl (C=O) groups excluding carboxylic acids is 4. The summed E-state index contributed by atoms with van der Waals surface area (Å²) in [6, 6.07) is 16.4. The molecule has 1 aliphatic heterocycles. The molecule has 2 atom stereocenters. The lowest BCUT2D eigenvalue weighted by atomic mass is 9.81. The minimum atomic E-state index is -0.650. The average Bonchev–Trinajstić information content (AvgIpc) is 3.65. The Hall–Kier alpha value is -4.34. The standard InChI is InChI=1S/C35H44N4O6/c1-5-44-33(42)29-20-25-19-26(15-16-28(25)38-29)37-31(40)30-27(23-9-7-6-8-10-23)17-18-39(30)32(41)24-13-11-22(12-14-24)21-36-34(43)45-35(2,3)4/h6-10,15-16,19-20,22,24,27,30,38H,5,11-14,17-18,21H2,1-4H3,(H,36,43)(H,37,40)/t22-,24-,27-,30-/m0/s1. The fourth-order valence-corrected chi connectivity index (χ4v) is 6.55. The number of carbonyl (C=O) groups is 4. The monoisotopic (exact) mass is 616 g/mol. The van der Waals surface area contributed by atoms with Gasteiger partial charge in [0.05, 0.1) is 6.61 Å². The molecule has 1 saturated carbocycles. The van der Waals surface area contributed by atoms with Crippen LogP contribution in [0.2, 0.25) is 0 Å². The molecule has 10 nitrogen and oxygen atoms in total. The molecular weight excluding hydrogens is 572 g/mol. The van der Waals surface area contributed by atoms with Crippen LogP contribution < -0.4 is 10.6 Å². The Kier molecular flexibility index (Phi) is 9.80. The summed E-state index contributed by atoms with van der Waals surface area (Å²) >= 11 is 0. The summed E-state index contributed by atoms with van der Waals surface area (Å²) < 4.78 is 10.5. The summed E-state index contributed by atoms with van der Waals surface area (Å²) in [5.74, 6) is -0.652. The van der Waals surface area contributed by atoms with E-state index in [1.54, 1.807) is 24.0 Å². The van der Waals surface area contributed by atoms with Crippen molar-refractivity contribution in [2.45, 2.75) is 77.4 Å². The SMILES string of the molecule is CCOC(=O)c1cc2cc(NC(=O)[C@@H]3[C@H](c4ccccc4)CCN3C(=O)[C@H]3CC[C@H](CNC(=O)OC(C)(C)C)CC3)ccc2[nH]1. The van der Waals surface area contributed by atoms with Gasteiger partial charge in [0.15, 0.2) is 0 Å². The zero-order chi connectivity index (χ0) is 32.1. The maximum Gasteiger partial charge on any atom is 0.407 e. The van der Waals surface area contributed by atoms with Crippen LogP contribution in [0.3, 0.4) is 0 Å². The third-order valence-electron chi connectivity index (χ3n) is 8.69. The number of esters is 1. The van der Waals surface area contributed by atoms with E-state index in [9.17, 15) is 19.2 Å². The number of hydrogen-bond acceptors (Lipinski definition) is 6. The highest BCUT2D eigenvalue weighted by molar-refractivity contribution is 6.01. The number of nitrogens with zero attached hydrogens (tertiary/aromatic N) is 1. The molecule has 5 rings (SSSR count). The first-order chi connectivity index (χ1) is 21.5. The first kappa shape index (κ1) is 32.1. The molecule has 0 unspecified atom stereocenters. The summed E-state index contributed by atoms with van der Waals surface area (Å²) in [5, 5.41) is 6.70. The molecule has 0 bridgehead atoms. The molecule has 2 fully saturated rings. The number of ether oxygens (including phenoxy) is 2. The Labute approximate surface area is 264 Å². The molecule has 1 aliphatic carbocycles. The van der Waals surface area contributed by atoms with Crippen molar-refractivity contribution in [1.29, 1.82) is 0 Å². The number of aromatic nitrogens is 1. The summed E-state index contributed by atoms with van der Waals surface area (Å²) in [7, 11) is 0. The van der Waals surface area contributed by atoms with Gasteiger partial charge in [-0.1, -0.05) is 30.3 Å². The Morgan fingerprint density at radius 2 is 1.69 bits per heavy atom. The number of likely N-dealkylation sites (tertiary alicyclic amines) is 1. The van der Waals surface area contributed by atoms with Gasteiger partial charge < -0.3 is 30.0 Å². The minimum absolute atomic E-state index is 0.0206. The molecule has 3 aromatic rings. The van der Waals surface area contributed by atoms with Gasteiger partial charge in [-0.05, 0) is 95.5 Å². The zero-order valence-electron chi connectivity index (χ0n) is 26.6. The van der Waals surface area contributed by atoms with Gasteiger partial charge in [0.2, 0.25) is 11.8 Å². The number of anilines is 1. The van der Waals surface area contributed by atoms with Gasteiger partial charge >= 0.3 is 12.1 Å². The van der Waals surface area contributed by atoms with Gasteiger partial charge in [0.25, 0.3) is 0 Å². The number of aromatic amines is 1. The molecule has 2 aromatic carbocycles. The second-order valence-electron chi connectivity index (χ2n) is 13.1. The smallest absolute Gasteiger partial charge is 0.407 e. The van der Waals surface area contributed by atoms with Gasteiger partial charge in [-0.25, -0.2) is 9.59 Å². The highest BCUT2D eigenvalue weighted by Crippen LogP contribution is 2.38. The van der Waals surface area contributed by atoms with E-state index in [-0.39, 0.29) is 36.2 Å². The summed E-state index contributed by atoms with van der Waals surface area (Å²) in [5.41, 5.74) is 2.18. The van der Waals surface area contributed by atoms with Crippen molar-refractivity contribution in [3.8, 4) is 0 Å². The molecular formula is C35H44N4O6. The number of fused-ring (bicyclic) bond motifs is 1. The second-order valence-corrected chi connectivity index (χ2v) is 13.1. The minimum Gasteiger partial charge on any atom is -0.461 e. The topological polar surface area (TPSA) is 130 Å². The van der Waals surface area contributed by atoms with Crippen LogP contribution in [0.5, 0.6) is 0 Å². The third-order valence-corrected chi connectivity index (χ3v) is 8.69. The van der Waals surface area contributed by atoms with E-state index >= 15 is 0 Å². The maximum absolute atomic E-state index is 14.0. The normalized spacial score (nSPS) is 21.7. The lowest BCUT2D eigenvalue weighted by Crippen LogP contribution is -2.48. The van der Waals surface area contributed by atoms with Crippen molar-refractivity contribution in [1.82, 2.24) is 15.2 Å². The Morgan fingerprint density at radius 3 is 2.38 bits per heavy atom. The van der Waals surface area contributed by atoms with E-state index < -0.39 is 23.7 Å². The molecule has 2 heterocycles. The number of H-pyrrole nitrogens is 1. The van der Waals surface area contributed by atoms with Gasteiger partial charge in [-0.3, -0.25) is 9.59 Å². The van der Waals surface area contributed by atoms with Crippen molar-refractivity contribution in [2.24, 2.45) is 11.8 Å². The molecule has 1 aromatic heterocycles. The number of benzene rings is 2. The molecule has 3 N–H and O–H groups in total. The maximum atomic E-state index is 14.0. The number of amides is 3. The fraction of sp³-hybridized carbons (Fsp3) is 0.486. The van der Waals surface area contributed by atoms with Crippen molar-refractivity contribution in [2.75, 3.05) is 25.0 Å².